The lowest BCUT2D eigenvalue weighted by Crippen LogP contribution is -2.39. The summed E-state index contributed by atoms with van der Waals surface area (Å²) < 4.78 is 32.4. The van der Waals surface area contributed by atoms with Crippen molar-refractivity contribution in [3.63, 3.8) is 0 Å². The van der Waals surface area contributed by atoms with Crippen LogP contribution in [0.2, 0.25) is 0 Å². The highest BCUT2D eigenvalue weighted by atomic mass is 35.5. The van der Waals surface area contributed by atoms with Gasteiger partial charge in [0.1, 0.15) is 16.5 Å². The number of anilines is 1. The minimum Gasteiger partial charge on any atom is -0.306 e. The zero-order valence-corrected chi connectivity index (χ0v) is 28.8. The Morgan fingerprint density at radius 1 is 0.840 bits per heavy atom. The molecule has 0 saturated heterocycles. The smallest absolute Gasteiger partial charge is 0.306 e. The molecule has 2 N–H and O–H groups in total. The third-order valence-electron chi connectivity index (χ3n) is 7.90. The lowest BCUT2D eigenvalue weighted by molar-refractivity contribution is 0.0758. The number of rotatable bonds is 11. The first kappa shape index (κ1) is 36.1. The summed E-state index contributed by atoms with van der Waals surface area (Å²) in [6.07, 6.45) is 0. The molecule has 6 aromatic rings. The first-order chi connectivity index (χ1) is 23.7. The molecule has 0 aliphatic carbocycles. The molecule has 0 aliphatic heterocycles. The van der Waals surface area contributed by atoms with Gasteiger partial charge in [0.2, 0.25) is 0 Å². The number of amides is 2. The van der Waals surface area contributed by atoms with E-state index >= 15 is 8.78 Å². The number of para-hydroxylation sites is 1. The number of nitrogens with zero attached hydrogens (tertiary/aromatic N) is 3. The minimum atomic E-state index is -0.798. The van der Waals surface area contributed by atoms with Crippen molar-refractivity contribution in [1.29, 1.82) is 0 Å². The number of thiophene rings is 1. The van der Waals surface area contributed by atoms with Gasteiger partial charge < -0.3 is 5.32 Å². The molecule has 4 aromatic carbocycles. The molecule has 2 heterocycles. The van der Waals surface area contributed by atoms with Crippen LogP contribution in [0.25, 0.3) is 26.3 Å². The van der Waals surface area contributed by atoms with E-state index in [1.165, 1.54) is 22.0 Å². The highest BCUT2D eigenvalue weighted by molar-refractivity contribution is 7.22. The Hall–Kier alpha value is -5.14. The van der Waals surface area contributed by atoms with E-state index in [1.54, 1.807) is 61.5 Å². The fraction of sp³-hybridized carbons (Fsp3) is 0.162. The number of halogens is 3. The van der Waals surface area contributed by atoms with Crippen molar-refractivity contribution in [3.8, 4) is 16.1 Å². The van der Waals surface area contributed by atoms with Crippen molar-refractivity contribution in [3.05, 3.63) is 152 Å². The van der Waals surface area contributed by atoms with Crippen molar-refractivity contribution >= 4 is 45.7 Å². The summed E-state index contributed by atoms with van der Waals surface area (Å²) in [6.45, 7) is 2.51. The average Bonchev–Trinajstić information content (AvgIpc) is 3.47. The van der Waals surface area contributed by atoms with Gasteiger partial charge in [-0.1, -0.05) is 66.7 Å². The maximum Gasteiger partial charge on any atom is 0.343 e. The van der Waals surface area contributed by atoms with Crippen molar-refractivity contribution in [1.82, 2.24) is 19.5 Å². The van der Waals surface area contributed by atoms with E-state index in [2.05, 4.69) is 15.7 Å². The average molecular weight is 718 g/mol. The van der Waals surface area contributed by atoms with E-state index in [0.29, 0.717) is 46.3 Å². The normalized spacial score (nSPS) is 11.1. The van der Waals surface area contributed by atoms with Gasteiger partial charge in [-0.25, -0.2) is 28.4 Å². The predicted molar refractivity (Wildman–Crippen MR) is 195 cm³/mol. The van der Waals surface area contributed by atoms with E-state index in [-0.39, 0.29) is 23.4 Å². The molecule has 13 heteroatoms. The molecule has 0 spiro atoms. The second-order valence-corrected chi connectivity index (χ2v) is 12.4. The third kappa shape index (κ3) is 7.68. The standard InChI is InChI=1S/C37H33F2N5O4S.ClH/c1-3-48-41-36(46)40-26-19-17-25(18-20-26)33-29(22-42(2)21-24-11-6-4-7-12-24)32-34(45)44(27-13-8-5-9-14-27)37(47)43(35(32)49-33)23-28-30(38)15-10-16-31(28)39;/h4-20H,3,21-23H2,1-2H3,(H2,40,41,46);1H. The first-order valence-corrected chi connectivity index (χ1v) is 16.4. The van der Waals surface area contributed by atoms with Crippen LogP contribution in [0.15, 0.2) is 113 Å². The summed E-state index contributed by atoms with van der Waals surface area (Å²) in [4.78, 5) is 48.8. The number of fused-ring (bicyclic) bond motifs is 1. The maximum absolute atomic E-state index is 15.0. The van der Waals surface area contributed by atoms with E-state index in [9.17, 15) is 14.4 Å². The lowest BCUT2D eigenvalue weighted by Gasteiger charge is -2.18. The Kier molecular flexibility index (Phi) is 11.6. The summed E-state index contributed by atoms with van der Waals surface area (Å²) in [5.74, 6) is -1.60. The number of carbonyl (C=O) groups excluding carboxylic acids is 1. The fourth-order valence-electron chi connectivity index (χ4n) is 5.66. The fourth-order valence-corrected chi connectivity index (χ4v) is 6.96. The molecule has 2 aromatic heterocycles. The molecule has 0 saturated carbocycles. The molecule has 0 radical (unpaired) electrons. The molecule has 0 atom stereocenters. The molecule has 9 nitrogen and oxygen atoms in total. The molecule has 0 aliphatic rings. The lowest BCUT2D eigenvalue weighted by atomic mass is 10.1. The largest absolute Gasteiger partial charge is 0.343 e. The molecule has 0 unspecified atom stereocenters. The van der Waals surface area contributed by atoms with Gasteiger partial charge in [-0.15, -0.1) is 23.7 Å². The topological polar surface area (TPSA) is 97.6 Å². The summed E-state index contributed by atoms with van der Waals surface area (Å²) in [6, 6.07) is 28.4. The number of carbonyl (C=O) groups is 1. The molecule has 0 bridgehead atoms. The van der Waals surface area contributed by atoms with Crippen LogP contribution in [0.3, 0.4) is 0 Å². The number of urea groups is 1. The SMILES string of the molecule is CCONC(=O)Nc1ccc(-c2sc3c(c2CN(C)Cc2ccccc2)c(=O)n(-c2ccccc2)c(=O)n3Cc2c(F)cccc2F)cc1.Cl. The van der Waals surface area contributed by atoms with Crippen LogP contribution in [-0.2, 0) is 24.5 Å². The van der Waals surface area contributed by atoms with Gasteiger partial charge in [-0.3, -0.25) is 19.1 Å². The van der Waals surface area contributed by atoms with Gasteiger partial charge >= 0.3 is 11.7 Å². The van der Waals surface area contributed by atoms with Crippen LogP contribution < -0.4 is 22.0 Å². The van der Waals surface area contributed by atoms with E-state index in [4.69, 9.17) is 4.84 Å². The van der Waals surface area contributed by atoms with Crippen LogP contribution in [0.4, 0.5) is 19.3 Å². The van der Waals surface area contributed by atoms with Gasteiger partial charge in [0.15, 0.2) is 0 Å². The van der Waals surface area contributed by atoms with Crippen molar-refractivity contribution in [2.75, 3.05) is 19.0 Å². The van der Waals surface area contributed by atoms with Gasteiger partial charge in [0.05, 0.1) is 24.2 Å². The molecule has 2 amide bonds. The van der Waals surface area contributed by atoms with Gasteiger partial charge in [-0.05, 0) is 67.1 Å². The Balaban J connectivity index is 0.00000486. The number of benzene rings is 4. The zero-order chi connectivity index (χ0) is 34.5. The van der Waals surface area contributed by atoms with E-state index in [0.717, 1.165) is 27.8 Å². The maximum atomic E-state index is 15.0. The molecule has 6 rings (SSSR count). The molecule has 0 fully saturated rings. The van der Waals surface area contributed by atoms with Crippen LogP contribution in [0.5, 0.6) is 0 Å². The van der Waals surface area contributed by atoms with Crippen molar-refractivity contribution < 1.29 is 18.4 Å². The molecular weight excluding hydrogens is 684 g/mol. The second-order valence-electron chi connectivity index (χ2n) is 11.4. The van der Waals surface area contributed by atoms with E-state index in [1.807, 2.05) is 37.4 Å². The second kappa shape index (κ2) is 16.0. The minimum absolute atomic E-state index is 0. The Morgan fingerprint density at radius 2 is 1.48 bits per heavy atom. The quantitative estimate of drug-likeness (QED) is 0.137. The van der Waals surface area contributed by atoms with Crippen LogP contribution in [0.1, 0.15) is 23.6 Å². The Morgan fingerprint density at radius 3 is 2.12 bits per heavy atom. The number of hydrogen-bond donors (Lipinski definition) is 2. The van der Waals surface area contributed by atoms with Crippen molar-refractivity contribution in [2.24, 2.45) is 0 Å². The summed E-state index contributed by atoms with van der Waals surface area (Å²) in [5, 5.41) is 2.97. The van der Waals surface area contributed by atoms with E-state index < -0.39 is 35.5 Å². The van der Waals surface area contributed by atoms with Gasteiger partial charge in [0, 0.05) is 29.2 Å². The Labute approximate surface area is 296 Å². The number of hydrogen-bond acceptors (Lipinski definition) is 6. The monoisotopic (exact) mass is 717 g/mol. The molecule has 258 valence electrons. The number of hydroxylamine groups is 1. The zero-order valence-electron chi connectivity index (χ0n) is 27.2. The highest BCUT2D eigenvalue weighted by Gasteiger charge is 2.25. The predicted octanol–water partition coefficient (Wildman–Crippen LogP) is 7.33. The molecular formula is C37H34ClF2N5O4S. The number of nitrogens with one attached hydrogen (secondary N) is 2. The highest BCUT2D eigenvalue weighted by Crippen LogP contribution is 2.38. The third-order valence-corrected chi connectivity index (χ3v) is 9.21. The Bertz CT molecular complexity index is 2210. The summed E-state index contributed by atoms with van der Waals surface area (Å²) in [5.41, 5.74) is 4.03. The molecule has 50 heavy (non-hydrogen) atoms. The van der Waals surface area contributed by atoms with Crippen LogP contribution in [-0.4, -0.2) is 33.7 Å². The summed E-state index contributed by atoms with van der Waals surface area (Å²) >= 11 is 1.20. The van der Waals surface area contributed by atoms with Crippen molar-refractivity contribution in [2.45, 2.75) is 26.6 Å². The van der Waals surface area contributed by atoms with Crippen LogP contribution >= 0.6 is 23.7 Å². The first-order valence-electron chi connectivity index (χ1n) is 15.6. The van der Waals surface area contributed by atoms with Gasteiger partial charge in [-0.2, -0.15) is 0 Å². The van der Waals surface area contributed by atoms with Gasteiger partial charge in [0.25, 0.3) is 5.56 Å². The number of aromatic nitrogens is 2. The van der Waals surface area contributed by atoms with Crippen LogP contribution in [0, 0.1) is 11.6 Å². The summed E-state index contributed by atoms with van der Waals surface area (Å²) in [7, 11) is 1.94.